The minimum absolute atomic E-state index is 0.318. The van der Waals surface area contributed by atoms with Gasteiger partial charge in [0.1, 0.15) is 0 Å². The van der Waals surface area contributed by atoms with E-state index in [2.05, 4.69) is 9.97 Å². The van der Waals surface area contributed by atoms with Crippen molar-refractivity contribution in [2.75, 3.05) is 0 Å². The minimum Gasteiger partial charge on any atom is -0.422 e. The number of imidazole rings is 1. The van der Waals surface area contributed by atoms with Crippen LogP contribution in [0.3, 0.4) is 0 Å². The van der Waals surface area contributed by atoms with Crippen molar-refractivity contribution in [2.45, 2.75) is 0 Å². The fourth-order valence-corrected chi connectivity index (χ4v) is 1.04. The molecule has 12 heavy (non-hydrogen) atoms. The van der Waals surface area contributed by atoms with Crippen molar-refractivity contribution in [2.24, 2.45) is 0 Å². The van der Waals surface area contributed by atoms with E-state index in [0.717, 1.165) is 0 Å². The molecular weight excluding hydrogens is 157 g/mol. The molecule has 6 heteroatoms. The topological polar surface area (TPSA) is 70.7 Å². The third-order valence-corrected chi connectivity index (χ3v) is 1.58. The predicted octanol–water partition coefficient (Wildman–Crippen LogP) is -1.59. The van der Waals surface area contributed by atoms with E-state index >= 15 is 0 Å². The standard InChI is InChI=1S/C6H6BN3O2/c11-7(12)5-4-9-6-8-2-1-3-10(5)6/h1-4,11-12H. The summed E-state index contributed by atoms with van der Waals surface area (Å²) >= 11 is 0. The summed E-state index contributed by atoms with van der Waals surface area (Å²) in [5, 5.41) is 17.8. The van der Waals surface area contributed by atoms with Crippen LogP contribution in [0.25, 0.3) is 5.78 Å². The Labute approximate surface area is 68.5 Å². The Morgan fingerprint density at radius 3 is 2.92 bits per heavy atom. The van der Waals surface area contributed by atoms with Gasteiger partial charge in [-0.1, -0.05) is 0 Å². The maximum absolute atomic E-state index is 8.88. The van der Waals surface area contributed by atoms with Crippen LogP contribution in [0.1, 0.15) is 0 Å². The lowest BCUT2D eigenvalue weighted by Gasteiger charge is -1.96. The summed E-state index contributed by atoms with van der Waals surface area (Å²) in [7, 11) is -1.51. The first-order chi connectivity index (χ1) is 5.79. The largest absolute Gasteiger partial charge is 0.508 e. The molecule has 2 rings (SSSR count). The van der Waals surface area contributed by atoms with E-state index < -0.39 is 7.12 Å². The number of hydrogen-bond acceptors (Lipinski definition) is 4. The second-order valence-corrected chi connectivity index (χ2v) is 2.35. The lowest BCUT2D eigenvalue weighted by atomic mass is 9.87. The van der Waals surface area contributed by atoms with Gasteiger partial charge < -0.3 is 10.0 Å². The molecule has 2 N–H and O–H groups in total. The number of hydrogen-bond donors (Lipinski definition) is 2. The predicted molar refractivity (Wildman–Crippen MR) is 42.8 cm³/mol. The Balaban J connectivity index is 2.70. The Kier molecular flexibility index (Phi) is 1.56. The molecule has 0 aliphatic rings. The van der Waals surface area contributed by atoms with Gasteiger partial charge in [0, 0.05) is 18.6 Å². The van der Waals surface area contributed by atoms with Crippen LogP contribution >= 0.6 is 0 Å². The van der Waals surface area contributed by atoms with E-state index in [1.54, 1.807) is 18.5 Å². The molecule has 0 amide bonds. The Hall–Kier alpha value is -1.40. The molecule has 0 fully saturated rings. The lowest BCUT2D eigenvalue weighted by molar-refractivity contribution is 0.424. The van der Waals surface area contributed by atoms with Crippen molar-refractivity contribution in [3.63, 3.8) is 0 Å². The fourth-order valence-electron chi connectivity index (χ4n) is 1.04. The molecule has 2 aromatic heterocycles. The Morgan fingerprint density at radius 2 is 2.17 bits per heavy atom. The molecule has 0 aromatic carbocycles. The third-order valence-electron chi connectivity index (χ3n) is 1.58. The van der Waals surface area contributed by atoms with E-state index in [-0.39, 0.29) is 0 Å². The van der Waals surface area contributed by atoms with Crippen molar-refractivity contribution in [1.29, 1.82) is 0 Å². The van der Waals surface area contributed by atoms with Crippen molar-refractivity contribution in [3.8, 4) is 0 Å². The average molecular weight is 163 g/mol. The molecule has 5 nitrogen and oxygen atoms in total. The Morgan fingerprint density at radius 1 is 1.33 bits per heavy atom. The fraction of sp³-hybridized carbons (Fsp3) is 0. The summed E-state index contributed by atoms with van der Waals surface area (Å²) in [5.41, 5.74) is 0.318. The van der Waals surface area contributed by atoms with Crippen LogP contribution in [0, 0.1) is 0 Å². The van der Waals surface area contributed by atoms with Crippen LogP contribution in [0.4, 0.5) is 0 Å². The molecule has 0 aliphatic heterocycles. The zero-order chi connectivity index (χ0) is 8.55. The lowest BCUT2D eigenvalue weighted by Crippen LogP contribution is -2.33. The molecule has 0 aliphatic carbocycles. The van der Waals surface area contributed by atoms with Gasteiger partial charge in [-0.05, 0) is 6.07 Å². The van der Waals surface area contributed by atoms with Crippen LogP contribution in [0.2, 0.25) is 0 Å². The van der Waals surface area contributed by atoms with Gasteiger partial charge in [-0.3, -0.25) is 4.40 Å². The molecule has 0 atom stereocenters. The van der Waals surface area contributed by atoms with E-state index in [1.807, 2.05) is 0 Å². The first-order valence-corrected chi connectivity index (χ1v) is 3.43. The Bertz CT molecular complexity index is 400. The normalized spacial score (nSPS) is 10.5. The number of fused-ring (bicyclic) bond motifs is 1. The molecular formula is C6H6BN3O2. The smallest absolute Gasteiger partial charge is 0.422 e. The highest BCUT2D eigenvalue weighted by molar-refractivity contribution is 6.57. The number of rotatable bonds is 1. The first-order valence-electron chi connectivity index (χ1n) is 3.43. The molecule has 60 valence electrons. The summed E-state index contributed by atoms with van der Waals surface area (Å²) in [6.07, 6.45) is 4.65. The second-order valence-electron chi connectivity index (χ2n) is 2.35. The SMILES string of the molecule is OB(O)c1cnc2ncccn12. The monoisotopic (exact) mass is 163 g/mol. The van der Waals surface area contributed by atoms with Crippen LogP contribution in [0.15, 0.2) is 24.7 Å². The van der Waals surface area contributed by atoms with Crippen molar-refractivity contribution >= 4 is 18.5 Å². The second kappa shape index (κ2) is 2.58. The molecule has 0 spiro atoms. The zero-order valence-corrected chi connectivity index (χ0v) is 6.12. The van der Waals surface area contributed by atoms with Gasteiger partial charge in [-0.15, -0.1) is 0 Å². The first kappa shape index (κ1) is 7.26. The highest BCUT2D eigenvalue weighted by Gasteiger charge is 2.16. The van der Waals surface area contributed by atoms with Crippen LogP contribution < -0.4 is 5.59 Å². The van der Waals surface area contributed by atoms with Gasteiger partial charge in [0.15, 0.2) is 0 Å². The summed E-state index contributed by atoms with van der Waals surface area (Å²) in [6, 6.07) is 1.70. The highest BCUT2D eigenvalue weighted by atomic mass is 16.4. The molecule has 0 saturated carbocycles. The van der Waals surface area contributed by atoms with Crippen LogP contribution in [-0.4, -0.2) is 31.5 Å². The summed E-state index contributed by atoms with van der Waals surface area (Å²) in [5.74, 6) is 0.459. The van der Waals surface area contributed by atoms with Gasteiger partial charge in [0.25, 0.3) is 0 Å². The average Bonchev–Trinajstić information content (AvgIpc) is 2.47. The molecule has 0 radical (unpaired) electrons. The van der Waals surface area contributed by atoms with E-state index in [4.69, 9.17) is 10.0 Å². The van der Waals surface area contributed by atoms with E-state index in [0.29, 0.717) is 11.4 Å². The van der Waals surface area contributed by atoms with Crippen LogP contribution in [0.5, 0.6) is 0 Å². The quantitative estimate of drug-likeness (QED) is 0.497. The van der Waals surface area contributed by atoms with Crippen molar-refractivity contribution in [1.82, 2.24) is 14.4 Å². The van der Waals surface area contributed by atoms with Gasteiger partial charge >= 0.3 is 7.12 Å². The minimum atomic E-state index is -1.51. The third kappa shape index (κ3) is 0.974. The molecule has 0 saturated heterocycles. The van der Waals surface area contributed by atoms with Crippen LogP contribution in [-0.2, 0) is 0 Å². The zero-order valence-electron chi connectivity index (χ0n) is 6.12. The molecule has 2 aromatic rings. The maximum Gasteiger partial charge on any atom is 0.508 e. The van der Waals surface area contributed by atoms with E-state index in [1.165, 1.54) is 10.6 Å². The molecule has 0 unspecified atom stereocenters. The van der Waals surface area contributed by atoms with Crippen molar-refractivity contribution < 1.29 is 10.0 Å². The highest BCUT2D eigenvalue weighted by Crippen LogP contribution is 1.92. The van der Waals surface area contributed by atoms with Crippen molar-refractivity contribution in [3.05, 3.63) is 24.7 Å². The van der Waals surface area contributed by atoms with Gasteiger partial charge in [-0.2, -0.15) is 0 Å². The maximum atomic E-state index is 8.88. The number of nitrogens with zero attached hydrogens (tertiary/aromatic N) is 3. The summed E-state index contributed by atoms with van der Waals surface area (Å²) < 4.78 is 1.52. The summed E-state index contributed by atoms with van der Waals surface area (Å²) in [4.78, 5) is 7.79. The van der Waals surface area contributed by atoms with Gasteiger partial charge in [0.2, 0.25) is 5.78 Å². The van der Waals surface area contributed by atoms with Gasteiger partial charge in [-0.25, -0.2) is 9.97 Å². The number of aromatic nitrogens is 3. The van der Waals surface area contributed by atoms with Gasteiger partial charge in [0.05, 0.1) is 5.59 Å². The molecule has 2 heterocycles. The van der Waals surface area contributed by atoms with E-state index in [9.17, 15) is 0 Å². The molecule has 0 bridgehead atoms. The summed E-state index contributed by atoms with van der Waals surface area (Å²) in [6.45, 7) is 0.